The average molecular weight is 237 g/mol. The number of hydrogen-bond acceptors (Lipinski definition) is 1. The maximum atomic E-state index is 4.31. The summed E-state index contributed by atoms with van der Waals surface area (Å²) in [5.74, 6) is 0. The standard InChI is InChI=1S/C17H19N/c1-5-18-12(2)17(3,4)16-14-9-7-6-8-13(14)10-11-15(16)18/h6-11H,2,5H2,1,3-4H3. The number of benzene rings is 2. The average Bonchev–Trinajstić information content (AvgIpc) is 2.57. The van der Waals surface area contributed by atoms with Crippen molar-refractivity contribution in [3.05, 3.63) is 54.2 Å². The number of fused-ring (bicyclic) bond motifs is 3. The Bertz CT molecular complexity index is 637. The van der Waals surface area contributed by atoms with Crippen molar-refractivity contribution in [2.75, 3.05) is 11.4 Å². The van der Waals surface area contributed by atoms with E-state index in [1.165, 1.54) is 27.7 Å². The molecule has 92 valence electrons. The predicted octanol–water partition coefficient (Wildman–Crippen LogP) is 4.47. The third-order valence-corrected chi connectivity index (χ3v) is 4.19. The molecule has 0 unspecified atom stereocenters. The summed E-state index contributed by atoms with van der Waals surface area (Å²) in [4.78, 5) is 2.34. The fraction of sp³-hybridized carbons (Fsp3) is 0.294. The van der Waals surface area contributed by atoms with Crippen LogP contribution in [0.4, 0.5) is 5.69 Å². The van der Waals surface area contributed by atoms with Crippen molar-refractivity contribution in [2.24, 2.45) is 0 Å². The van der Waals surface area contributed by atoms with E-state index < -0.39 is 0 Å². The lowest BCUT2D eigenvalue weighted by molar-refractivity contribution is 0.641. The molecular formula is C17H19N. The first kappa shape index (κ1) is 11.3. The van der Waals surface area contributed by atoms with Crippen molar-refractivity contribution >= 4 is 16.5 Å². The van der Waals surface area contributed by atoms with E-state index in [0.717, 1.165) is 6.54 Å². The van der Waals surface area contributed by atoms with Gasteiger partial charge in [-0.05, 0) is 29.3 Å². The third-order valence-electron chi connectivity index (χ3n) is 4.19. The number of anilines is 1. The largest absolute Gasteiger partial charge is 0.345 e. The summed E-state index contributed by atoms with van der Waals surface area (Å²) in [5, 5.41) is 2.67. The molecule has 0 N–H and O–H groups in total. The lowest BCUT2D eigenvalue weighted by Crippen LogP contribution is -2.24. The van der Waals surface area contributed by atoms with Gasteiger partial charge >= 0.3 is 0 Å². The number of rotatable bonds is 1. The molecule has 1 aliphatic heterocycles. The fourth-order valence-corrected chi connectivity index (χ4v) is 3.13. The van der Waals surface area contributed by atoms with Crippen molar-refractivity contribution in [2.45, 2.75) is 26.2 Å². The minimum absolute atomic E-state index is 0.0200. The maximum absolute atomic E-state index is 4.31. The zero-order valence-corrected chi connectivity index (χ0v) is 11.3. The van der Waals surface area contributed by atoms with E-state index in [-0.39, 0.29) is 5.41 Å². The van der Waals surface area contributed by atoms with Crippen LogP contribution in [-0.4, -0.2) is 6.54 Å². The third kappa shape index (κ3) is 1.28. The summed E-state index contributed by atoms with van der Waals surface area (Å²) in [6.07, 6.45) is 0. The van der Waals surface area contributed by atoms with E-state index >= 15 is 0 Å². The van der Waals surface area contributed by atoms with Crippen LogP contribution in [0.25, 0.3) is 10.8 Å². The van der Waals surface area contributed by atoms with Crippen LogP contribution in [0.1, 0.15) is 26.3 Å². The van der Waals surface area contributed by atoms with E-state index in [0.29, 0.717) is 0 Å². The molecule has 1 heterocycles. The second-order valence-electron chi connectivity index (χ2n) is 5.50. The van der Waals surface area contributed by atoms with E-state index in [4.69, 9.17) is 0 Å². The molecular weight excluding hydrogens is 218 g/mol. The molecule has 1 aliphatic rings. The van der Waals surface area contributed by atoms with Gasteiger partial charge in [0.2, 0.25) is 0 Å². The fourth-order valence-electron chi connectivity index (χ4n) is 3.13. The Hall–Kier alpha value is -1.76. The van der Waals surface area contributed by atoms with Gasteiger partial charge in [0.25, 0.3) is 0 Å². The van der Waals surface area contributed by atoms with Crippen molar-refractivity contribution < 1.29 is 0 Å². The lowest BCUT2D eigenvalue weighted by Gasteiger charge is -2.24. The molecule has 0 aliphatic carbocycles. The Balaban J connectivity index is 2.41. The first-order valence-corrected chi connectivity index (χ1v) is 6.56. The van der Waals surface area contributed by atoms with Gasteiger partial charge < -0.3 is 4.90 Å². The molecule has 0 bridgehead atoms. The quantitative estimate of drug-likeness (QED) is 0.707. The summed E-state index contributed by atoms with van der Waals surface area (Å²) < 4.78 is 0. The maximum Gasteiger partial charge on any atom is 0.0456 e. The van der Waals surface area contributed by atoms with Crippen LogP contribution >= 0.6 is 0 Å². The normalized spacial score (nSPS) is 17.3. The molecule has 0 saturated carbocycles. The van der Waals surface area contributed by atoms with Crippen molar-refractivity contribution in [3.63, 3.8) is 0 Å². The molecule has 1 heteroatoms. The van der Waals surface area contributed by atoms with Gasteiger partial charge in [-0.15, -0.1) is 0 Å². The zero-order valence-electron chi connectivity index (χ0n) is 11.3. The molecule has 0 spiro atoms. The Labute approximate surface area is 109 Å². The molecule has 0 atom stereocenters. The summed E-state index contributed by atoms with van der Waals surface area (Å²) in [5.41, 5.74) is 3.97. The molecule has 0 radical (unpaired) electrons. The van der Waals surface area contributed by atoms with E-state index in [9.17, 15) is 0 Å². The molecule has 2 aromatic rings. The highest BCUT2D eigenvalue weighted by molar-refractivity contribution is 5.94. The molecule has 0 fully saturated rings. The van der Waals surface area contributed by atoms with Crippen LogP contribution in [0.15, 0.2) is 48.7 Å². The highest BCUT2D eigenvalue weighted by Crippen LogP contribution is 2.49. The molecule has 2 aromatic carbocycles. The highest BCUT2D eigenvalue weighted by Gasteiger charge is 2.39. The van der Waals surface area contributed by atoms with Crippen LogP contribution < -0.4 is 4.90 Å². The highest BCUT2D eigenvalue weighted by atomic mass is 15.2. The Morgan fingerprint density at radius 1 is 1.11 bits per heavy atom. The van der Waals surface area contributed by atoms with Crippen LogP contribution in [0.2, 0.25) is 0 Å². The summed E-state index contributed by atoms with van der Waals surface area (Å²) in [6.45, 7) is 12.0. The first-order valence-electron chi connectivity index (χ1n) is 6.56. The molecule has 0 aromatic heterocycles. The van der Waals surface area contributed by atoms with E-state index in [1.807, 2.05) is 0 Å². The van der Waals surface area contributed by atoms with Crippen molar-refractivity contribution in [3.8, 4) is 0 Å². The van der Waals surface area contributed by atoms with Gasteiger partial charge in [-0.3, -0.25) is 0 Å². The second-order valence-corrected chi connectivity index (χ2v) is 5.50. The molecule has 0 amide bonds. The second kappa shape index (κ2) is 3.61. The van der Waals surface area contributed by atoms with Gasteiger partial charge in [-0.2, -0.15) is 0 Å². The van der Waals surface area contributed by atoms with Gasteiger partial charge in [0.15, 0.2) is 0 Å². The van der Waals surface area contributed by atoms with E-state index in [1.54, 1.807) is 0 Å². The first-order chi connectivity index (χ1) is 8.57. The minimum atomic E-state index is 0.0200. The summed E-state index contributed by atoms with van der Waals surface area (Å²) in [7, 11) is 0. The van der Waals surface area contributed by atoms with Crippen LogP contribution in [0, 0.1) is 0 Å². The van der Waals surface area contributed by atoms with Gasteiger partial charge in [0.1, 0.15) is 0 Å². The smallest absolute Gasteiger partial charge is 0.0456 e. The Morgan fingerprint density at radius 2 is 1.83 bits per heavy atom. The van der Waals surface area contributed by atoms with Gasteiger partial charge in [-0.25, -0.2) is 0 Å². The van der Waals surface area contributed by atoms with Gasteiger partial charge in [0.05, 0.1) is 0 Å². The zero-order chi connectivity index (χ0) is 12.9. The number of allylic oxidation sites excluding steroid dienone is 1. The minimum Gasteiger partial charge on any atom is -0.345 e. The molecule has 3 rings (SSSR count). The topological polar surface area (TPSA) is 3.24 Å². The van der Waals surface area contributed by atoms with Crippen molar-refractivity contribution in [1.82, 2.24) is 0 Å². The number of hydrogen-bond donors (Lipinski definition) is 0. The predicted molar refractivity (Wildman–Crippen MR) is 79.1 cm³/mol. The summed E-state index contributed by atoms with van der Waals surface area (Å²) >= 11 is 0. The monoisotopic (exact) mass is 237 g/mol. The SMILES string of the molecule is C=C1N(CC)c2ccc3ccccc3c2C1(C)C. The van der Waals surface area contributed by atoms with Crippen LogP contribution in [-0.2, 0) is 5.41 Å². The van der Waals surface area contributed by atoms with Gasteiger partial charge in [-0.1, -0.05) is 50.8 Å². The Kier molecular flexibility index (Phi) is 2.28. The van der Waals surface area contributed by atoms with Gasteiger partial charge in [0, 0.05) is 23.3 Å². The van der Waals surface area contributed by atoms with Crippen molar-refractivity contribution in [1.29, 1.82) is 0 Å². The van der Waals surface area contributed by atoms with Crippen LogP contribution in [0.5, 0.6) is 0 Å². The number of nitrogens with zero attached hydrogens (tertiary/aromatic N) is 1. The van der Waals surface area contributed by atoms with E-state index in [2.05, 4.69) is 68.6 Å². The van der Waals surface area contributed by atoms with Crippen LogP contribution in [0.3, 0.4) is 0 Å². The molecule has 1 nitrogen and oxygen atoms in total. The summed E-state index contributed by atoms with van der Waals surface area (Å²) in [6, 6.07) is 13.1. The lowest BCUT2D eigenvalue weighted by atomic mass is 9.82. The number of likely N-dealkylation sites (N-methyl/N-ethyl adjacent to an activating group) is 1. The Morgan fingerprint density at radius 3 is 2.56 bits per heavy atom. The molecule has 0 saturated heterocycles. The molecule has 18 heavy (non-hydrogen) atoms.